The maximum Gasteiger partial charge on any atom is 0.389 e. The van der Waals surface area contributed by atoms with E-state index in [4.69, 9.17) is 4.74 Å². The molecule has 11 heteroatoms. The van der Waals surface area contributed by atoms with Gasteiger partial charge in [-0.25, -0.2) is 4.79 Å². The molecule has 35 heavy (non-hydrogen) atoms. The van der Waals surface area contributed by atoms with Gasteiger partial charge >= 0.3 is 18.1 Å². The Morgan fingerprint density at radius 3 is 2.34 bits per heavy atom. The lowest BCUT2D eigenvalue weighted by atomic mass is 9.75. The zero-order valence-corrected chi connectivity index (χ0v) is 19.6. The van der Waals surface area contributed by atoms with Gasteiger partial charge in [0.05, 0.1) is 17.1 Å². The number of hydrogen-bond acceptors (Lipinski definition) is 6. The fourth-order valence-electron chi connectivity index (χ4n) is 4.19. The number of hydrogen-bond donors (Lipinski definition) is 1. The summed E-state index contributed by atoms with van der Waals surface area (Å²) in [5.74, 6) is -4.16. The SMILES string of the molecule is CC1=NC(C)=C(C(=O)OCCCCCCCCC(F)(F)F)C(c2cccc([N+](=O)[O-])c2)C1C(=O)O. The zero-order chi connectivity index (χ0) is 26.2. The molecule has 1 aliphatic heterocycles. The Balaban J connectivity index is 2.05. The standard InChI is InChI=1S/C24H29F3N2O6/c1-15-19(22(30)31)21(17-10-9-11-18(14-17)29(33)34)20(16(2)28-15)23(32)35-13-8-6-4-3-5-7-12-24(25,26)27/h9-11,14,19,21H,3-8,12-13H2,1-2H3,(H,30,31). The van der Waals surface area contributed by atoms with E-state index in [0.29, 0.717) is 37.7 Å². The molecule has 1 aliphatic rings. The molecule has 0 aliphatic carbocycles. The molecule has 0 aromatic heterocycles. The number of unbranched alkanes of at least 4 members (excludes halogenated alkanes) is 5. The number of allylic oxidation sites excluding steroid dienone is 1. The van der Waals surface area contributed by atoms with E-state index in [1.165, 1.54) is 31.2 Å². The Kier molecular flexibility index (Phi) is 9.97. The number of carbonyl (C=O) groups is 2. The minimum absolute atomic E-state index is 0.0376. The average Bonchev–Trinajstić information content (AvgIpc) is 2.76. The highest BCUT2D eigenvalue weighted by molar-refractivity contribution is 6.06. The fourth-order valence-corrected chi connectivity index (χ4v) is 4.19. The van der Waals surface area contributed by atoms with Crippen LogP contribution in [-0.2, 0) is 14.3 Å². The van der Waals surface area contributed by atoms with E-state index >= 15 is 0 Å². The smallest absolute Gasteiger partial charge is 0.389 e. The second-order valence-corrected chi connectivity index (χ2v) is 8.52. The third-order valence-electron chi connectivity index (χ3n) is 5.84. The van der Waals surface area contributed by atoms with Crippen molar-refractivity contribution in [2.24, 2.45) is 10.9 Å². The predicted octanol–water partition coefficient (Wildman–Crippen LogP) is 5.96. The van der Waals surface area contributed by atoms with Crippen molar-refractivity contribution in [2.75, 3.05) is 6.61 Å². The number of nitro groups is 1. The molecule has 8 nitrogen and oxygen atoms in total. The van der Waals surface area contributed by atoms with E-state index in [1.807, 2.05) is 0 Å². The van der Waals surface area contributed by atoms with Gasteiger partial charge in [-0.15, -0.1) is 0 Å². The van der Waals surface area contributed by atoms with Gasteiger partial charge in [0.15, 0.2) is 0 Å². The van der Waals surface area contributed by atoms with Crippen molar-refractivity contribution in [1.82, 2.24) is 0 Å². The quantitative estimate of drug-likeness (QED) is 0.164. The molecule has 192 valence electrons. The Labute approximate surface area is 201 Å². The lowest BCUT2D eigenvalue weighted by Gasteiger charge is -2.30. The summed E-state index contributed by atoms with van der Waals surface area (Å²) in [6, 6.07) is 5.49. The lowest BCUT2D eigenvalue weighted by Crippen LogP contribution is -2.35. The minimum atomic E-state index is -4.13. The van der Waals surface area contributed by atoms with Gasteiger partial charge in [0.25, 0.3) is 5.69 Å². The number of ether oxygens (including phenoxy) is 1. The Bertz CT molecular complexity index is 1000. The van der Waals surface area contributed by atoms with Gasteiger partial charge in [0.1, 0.15) is 5.92 Å². The number of esters is 1. The molecule has 0 fully saturated rings. The van der Waals surface area contributed by atoms with Gasteiger partial charge in [0, 0.05) is 35.9 Å². The Morgan fingerprint density at radius 2 is 1.74 bits per heavy atom. The first-order valence-corrected chi connectivity index (χ1v) is 11.4. The van der Waals surface area contributed by atoms with Crippen molar-refractivity contribution in [3.63, 3.8) is 0 Å². The number of benzene rings is 1. The molecular formula is C24H29F3N2O6. The number of nitrogens with zero attached hydrogens (tertiary/aromatic N) is 2. The number of non-ortho nitro benzene ring substituents is 1. The summed E-state index contributed by atoms with van der Waals surface area (Å²) in [4.78, 5) is 39.9. The average molecular weight is 498 g/mol. The highest BCUT2D eigenvalue weighted by atomic mass is 19.4. The van der Waals surface area contributed by atoms with E-state index in [1.54, 1.807) is 6.92 Å². The van der Waals surface area contributed by atoms with Crippen LogP contribution in [0.4, 0.5) is 18.9 Å². The van der Waals surface area contributed by atoms with Crippen LogP contribution in [0, 0.1) is 16.0 Å². The molecular weight excluding hydrogens is 469 g/mol. The lowest BCUT2D eigenvalue weighted by molar-refractivity contribution is -0.384. The second kappa shape index (κ2) is 12.5. The van der Waals surface area contributed by atoms with Gasteiger partial charge in [-0.1, -0.05) is 37.8 Å². The number of carbonyl (C=O) groups excluding carboxylic acids is 1. The van der Waals surface area contributed by atoms with E-state index in [2.05, 4.69) is 4.99 Å². The van der Waals surface area contributed by atoms with Crippen LogP contribution in [0.2, 0.25) is 0 Å². The first kappa shape index (κ1) is 28.0. The van der Waals surface area contributed by atoms with Crippen LogP contribution in [0.1, 0.15) is 70.3 Å². The number of nitro benzene ring substituents is 1. The number of carboxylic acids is 1. The zero-order valence-electron chi connectivity index (χ0n) is 19.6. The number of aliphatic imine (C=N–C) groups is 1. The second-order valence-electron chi connectivity index (χ2n) is 8.52. The first-order valence-electron chi connectivity index (χ1n) is 11.4. The highest BCUT2D eigenvalue weighted by Gasteiger charge is 2.42. The van der Waals surface area contributed by atoms with Crippen LogP contribution in [0.25, 0.3) is 0 Å². The first-order chi connectivity index (χ1) is 16.4. The van der Waals surface area contributed by atoms with Crippen LogP contribution in [0.5, 0.6) is 0 Å². The summed E-state index contributed by atoms with van der Waals surface area (Å²) in [6.07, 6.45) is -1.82. The molecule has 1 heterocycles. The van der Waals surface area contributed by atoms with E-state index in [0.717, 1.165) is 0 Å². The molecule has 0 amide bonds. The summed E-state index contributed by atoms with van der Waals surface area (Å²) in [5.41, 5.74) is 0.661. The largest absolute Gasteiger partial charge is 0.481 e. The van der Waals surface area contributed by atoms with E-state index < -0.39 is 41.3 Å². The highest BCUT2D eigenvalue weighted by Crippen LogP contribution is 2.40. The van der Waals surface area contributed by atoms with Crippen molar-refractivity contribution in [2.45, 2.75) is 70.9 Å². The molecule has 0 spiro atoms. The van der Waals surface area contributed by atoms with E-state index in [9.17, 15) is 38.0 Å². The molecule has 2 rings (SSSR count). The van der Waals surface area contributed by atoms with Gasteiger partial charge in [-0.2, -0.15) is 13.2 Å². The van der Waals surface area contributed by atoms with Crippen molar-refractivity contribution in [3.05, 3.63) is 51.2 Å². The number of rotatable bonds is 12. The number of alkyl halides is 3. The van der Waals surface area contributed by atoms with Gasteiger partial charge < -0.3 is 9.84 Å². The molecule has 2 unspecified atom stereocenters. The third-order valence-corrected chi connectivity index (χ3v) is 5.84. The molecule has 0 radical (unpaired) electrons. The topological polar surface area (TPSA) is 119 Å². The summed E-state index contributed by atoms with van der Waals surface area (Å²) >= 11 is 0. The number of halogens is 3. The third kappa shape index (κ3) is 8.18. The van der Waals surface area contributed by atoms with E-state index in [-0.39, 0.29) is 35.7 Å². The molecule has 0 saturated heterocycles. The number of carboxylic acid groups (broad SMARTS) is 1. The Morgan fingerprint density at radius 1 is 1.11 bits per heavy atom. The maximum atomic E-state index is 13.0. The molecule has 0 bridgehead atoms. The predicted molar refractivity (Wildman–Crippen MR) is 122 cm³/mol. The van der Waals surface area contributed by atoms with Gasteiger partial charge in [-0.05, 0) is 32.3 Å². The van der Waals surface area contributed by atoms with Crippen LogP contribution in [0.15, 0.2) is 40.5 Å². The normalized spacial score (nSPS) is 18.3. The molecule has 2 atom stereocenters. The van der Waals surface area contributed by atoms with Crippen LogP contribution < -0.4 is 0 Å². The summed E-state index contributed by atoms with van der Waals surface area (Å²) in [7, 11) is 0. The van der Waals surface area contributed by atoms with Gasteiger partial charge in [0.2, 0.25) is 0 Å². The summed E-state index contributed by atoms with van der Waals surface area (Å²) in [6.45, 7) is 3.15. The van der Waals surface area contributed by atoms with Gasteiger partial charge in [-0.3, -0.25) is 19.9 Å². The van der Waals surface area contributed by atoms with Crippen molar-refractivity contribution < 1.29 is 37.5 Å². The maximum absolute atomic E-state index is 13.0. The fraction of sp³-hybridized carbons (Fsp3) is 0.542. The van der Waals surface area contributed by atoms with Crippen LogP contribution in [0.3, 0.4) is 0 Å². The molecule has 1 aromatic rings. The number of aliphatic carboxylic acids is 1. The van der Waals surface area contributed by atoms with Crippen LogP contribution >= 0.6 is 0 Å². The summed E-state index contributed by atoms with van der Waals surface area (Å²) < 4.78 is 41.8. The monoisotopic (exact) mass is 498 g/mol. The Hall–Kier alpha value is -3.24. The molecule has 1 aromatic carbocycles. The molecule has 0 saturated carbocycles. The summed E-state index contributed by atoms with van der Waals surface area (Å²) in [5, 5.41) is 21.1. The van der Waals surface area contributed by atoms with Crippen molar-refractivity contribution in [3.8, 4) is 0 Å². The minimum Gasteiger partial charge on any atom is -0.481 e. The van der Waals surface area contributed by atoms with Crippen molar-refractivity contribution >= 4 is 23.3 Å². The van der Waals surface area contributed by atoms with Crippen LogP contribution in [-0.4, -0.2) is 40.5 Å². The van der Waals surface area contributed by atoms with Crippen molar-refractivity contribution in [1.29, 1.82) is 0 Å². The molecule has 1 N–H and O–H groups in total.